The van der Waals surface area contributed by atoms with E-state index in [-0.39, 0.29) is 10.7 Å². The summed E-state index contributed by atoms with van der Waals surface area (Å²) in [6.07, 6.45) is 1.30. The van der Waals surface area contributed by atoms with E-state index in [2.05, 4.69) is 20.7 Å². The van der Waals surface area contributed by atoms with Crippen LogP contribution in [-0.4, -0.2) is 22.1 Å². The predicted molar refractivity (Wildman–Crippen MR) is 90.6 cm³/mol. The lowest BCUT2D eigenvalue weighted by molar-refractivity contribution is 0.411. The first-order valence-corrected chi connectivity index (χ1v) is 9.27. The summed E-state index contributed by atoms with van der Waals surface area (Å²) in [5.41, 5.74) is 0.970. The van der Waals surface area contributed by atoms with E-state index in [1.807, 2.05) is 0 Å². The summed E-state index contributed by atoms with van der Waals surface area (Å²) < 4.78 is 45.5. The van der Waals surface area contributed by atoms with Crippen molar-refractivity contribution >= 4 is 26.0 Å². The van der Waals surface area contributed by atoms with Gasteiger partial charge in [0.05, 0.1) is 16.5 Å². The quantitative estimate of drug-likeness (QED) is 0.722. The number of hydrogen-bond acceptors (Lipinski definition) is 3. The Bertz CT molecular complexity index is 763. The molecule has 2 aromatic rings. The van der Waals surface area contributed by atoms with Crippen molar-refractivity contribution in [3.8, 4) is 5.75 Å². The molecule has 0 bridgehead atoms. The van der Waals surface area contributed by atoms with Crippen molar-refractivity contribution in [3.63, 3.8) is 0 Å². The van der Waals surface area contributed by atoms with Crippen LogP contribution in [0.5, 0.6) is 5.75 Å². The van der Waals surface area contributed by atoms with Gasteiger partial charge < -0.3 is 4.74 Å². The Balaban J connectivity index is 1.91. The Kier molecular flexibility index (Phi) is 6.15. The molecular weight excluding hydrogens is 385 g/mol. The molecule has 2 aromatic carbocycles. The van der Waals surface area contributed by atoms with Crippen LogP contribution in [0.15, 0.2) is 51.8 Å². The number of halogens is 2. The van der Waals surface area contributed by atoms with Crippen LogP contribution in [0, 0.1) is 5.82 Å². The van der Waals surface area contributed by atoms with Crippen LogP contribution in [0.2, 0.25) is 0 Å². The lowest BCUT2D eigenvalue weighted by Crippen LogP contribution is -2.25. The van der Waals surface area contributed by atoms with E-state index in [9.17, 15) is 12.8 Å². The normalized spacial score (nSPS) is 11.4. The molecule has 23 heavy (non-hydrogen) atoms. The lowest BCUT2D eigenvalue weighted by Gasteiger charge is -2.09. The van der Waals surface area contributed by atoms with Crippen LogP contribution in [0.1, 0.15) is 12.0 Å². The number of hydrogen-bond donors (Lipinski definition) is 1. The monoisotopic (exact) mass is 401 g/mol. The second kappa shape index (κ2) is 7.90. The average molecular weight is 402 g/mol. The molecule has 0 spiro atoms. The van der Waals surface area contributed by atoms with E-state index < -0.39 is 10.0 Å². The highest BCUT2D eigenvalue weighted by molar-refractivity contribution is 9.10. The van der Waals surface area contributed by atoms with E-state index in [0.29, 0.717) is 29.6 Å². The van der Waals surface area contributed by atoms with Gasteiger partial charge in [0.1, 0.15) is 11.6 Å². The predicted octanol–water partition coefficient (Wildman–Crippen LogP) is 3.51. The smallest absolute Gasteiger partial charge is 0.240 e. The van der Waals surface area contributed by atoms with Gasteiger partial charge in [-0.15, -0.1) is 0 Å². The molecule has 0 aliphatic heterocycles. The first-order chi connectivity index (χ1) is 10.9. The highest BCUT2D eigenvalue weighted by Gasteiger charge is 2.15. The molecule has 0 aliphatic carbocycles. The van der Waals surface area contributed by atoms with Crippen LogP contribution >= 0.6 is 15.9 Å². The lowest BCUT2D eigenvalue weighted by atomic mass is 10.1. The molecule has 0 fully saturated rings. The second-order valence-corrected chi connectivity index (χ2v) is 7.55. The molecule has 7 heteroatoms. The van der Waals surface area contributed by atoms with E-state index in [4.69, 9.17) is 4.74 Å². The molecule has 4 nitrogen and oxygen atoms in total. The van der Waals surface area contributed by atoms with Gasteiger partial charge >= 0.3 is 0 Å². The second-order valence-electron chi connectivity index (χ2n) is 4.92. The first kappa shape index (κ1) is 17.9. The van der Waals surface area contributed by atoms with Gasteiger partial charge in [-0.25, -0.2) is 17.5 Å². The number of sulfonamides is 1. The molecule has 2 rings (SSSR count). The number of rotatable bonds is 7. The maximum atomic E-state index is 12.8. The van der Waals surface area contributed by atoms with Gasteiger partial charge in [-0.2, -0.15) is 0 Å². The van der Waals surface area contributed by atoms with E-state index in [0.717, 1.165) is 5.56 Å². The van der Waals surface area contributed by atoms with Crippen molar-refractivity contribution in [1.29, 1.82) is 0 Å². The Labute approximate surface area is 143 Å². The summed E-state index contributed by atoms with van der Waals surface area (Å²) in [6.45, 7) is 0.309. The summed E-state index contributed by atoms with van der Waals surface area (Å²) >= 11 is 3.27. The summed E-state index contributed by atoms with van der Waals surface area (Å²) in [4.78, 5) is 0.173. The minimum absolute atomic E-state index is 0.173. The third-order valence-corrected chi connectivity index (χ3v) is 5.36. The van der Waals surface area contributed by atoms with E-state index >= 15 is 0 Å². The molecule has 0 unspecified atom stereocenters. The van der Waals surface area contributed by atoms with Crippen molar-refractivity contribution < 1.29 is 17.5 Å². The molecule has 1 N–H and O–H groups in total. The molecule has 0 aromatic heterocycles. The average Bonchev–Trinajstić information content (AvgIpc) is 2.53. The number of aryl methyl sites for hydroxylation is 1. The van der Waals surface area contributed by atoms with Gasteiger partial charge in [-0.05, 0) is 64.7 Å². The van der Waals surface area contributed by atoms with Crippen molar-refractivity contribution in [3.05, 3.63) is 58.3 Å². The van der Waals surface area contributed by atoms with Crippen molar-refractivity contribution in [2.24, 2.45) is 0 Å². The largest absolute Gasteiger partial charge is 0.496 e. The Morgan fingerprint density at radius 3 is 2.48 bits per heavy atom. The van der Waals surface area contributed by atoms with Gasteiger partial charge in [-0.3, -0.25) is 0 Å². The SMILES string of the molecule is COc1ccc(S(=O)(=O)NCCCc2ccc(F)cc2)cc1Br. The van der Waals surface area contributed by atoms with Crippen molar-refractivity contribution in [1.82, 2.24) is 4.72 Å². The molecule has 124 valence electrons. The molecule has 0 aliphatic rings. The standard InChI is InChI=1S/C16H17BrFNO3S/c1-22-16-9-8-14(11-15(16)17)23(20,21)19-10-2-3-12-4-6-13(18)7-5-12/h4-9,11,19H,2-3,10H2,1H3. The van der Waals surface area contributed by atoms with Crippen LogP contribution < -0.4 is 9.46 Å². The zero-order valence-corrected chi connectivity index (χ0v) is 15.0. The summed E-state index contributed by atoms with van der Waals surface area (Å²) in [5.74, 6) is 0.291. The van der Waals surface area contributed by atoms with Crippen LogP contribution in [-0.2, 0) is 16.4 Å². The third-order valence-electron chi connectivity index (χ3n) is 3.28. The van der Waals surface area contributed by atoms with E-state index in [1.165, 1.54) is 31.4 Å². The highest BCUT2D eigenvalue weighted by atomic mass is 79.9. The molecule has 0 amide bonds. The van der Waals surface area contributed by atoms with Gasteiger partial charge in [0.2, 0.25) is 10.0 Å². The number of methoxy groups -OCH3 is 1. The number of nitrogens with one attached hydrogen (secondary N) is 1. The van der Waals surface area contributed by atoms with Crippen LogP contribution in [0.25, 0.3) is 0 Å². The van der Waals surface area contributed by atoms with E-state index in [1.54, 1.807) is 18.2 Å². The topological polar surface area (TPSA) is 55.4 Å². The fraction of sp³-hybridized carbons (Fsp3) is 0.250. The molecule has 0 atom stereocenters. The Morgan fingerprint density at radius 2 is 1.87 bits per heavy atom. The minimum atomic E-state index is -3.56. The maximum absolute atomic E-state index is 12.8. The molecule has 0 saturated heterocycles. The Hall–Kier alpha value is -1.44. The minimum Gasteiger partial charge on any atom is -0.496 e. The molecular formula is C16H17BrFNO3S. The van der Waals surface area contributed by atoms with Gasteiger partial charge in [0.15, 0.2) is 0 Å². The molecule has 0 saturated carbocycles. The molecule has 0 heterocycles. The number of ether oxygens (including phenoxy) is 1. The highest BCUT2D eigenvalue weighted by Crippen LogP contribution is 2.27. The van der Waals surface area contributed by atoms with Gasteiger partial charge in [-0.1, -0.05) is 12.1 Å². The van der Waals surface area contributed by atoms with Crippen LogP contribution in [0.4, 0.5) is 4.39 Å². The third kappa shape index (κ3) is 5.02. The van der Waals surface area contributed by atoms with Crippen molar-refractivity contribution in [2.45, 2.75) is 17.7 Å². The van der Waals surface area contributed by atoms with Crippen LogP contribution in [0.3, 0.4) is 0 Å². The summed E-state index contributed by atoms with van der Waals surface area (Å²) in [5, 5.41) is 0. The zero-order valence-electron chi connectivity index (χ0n) is 12.6. The van der Waals surface area contributed by atoms with Gasteiger partial charge in [0, 0.05) is 6.54 Å². The summed E-state index contributed by atoms with van der Waals surface area (Å²) in [7, 11) is -2.05. The van der Waals surface area contributed by atoms with Crippen molar-refractivity contribution in [2.75, 3.05) is 13.7 Å². The molecule has 0 radical (unpaired) electrons. The van der Waals surface area contributed by atoms with Gasteiger partial charge in [0.25, 0.3) is 0 Å². The zero-order chi connectivity index (χ0) is 16.9. The fourth-order valence-corrected chi connectivity index (χ4v) is 3.84. The first-order valence-electron chi connectivity index (χ1n) is 7.00. The number of benzene rings is 2. The summed E-state index contributed by atoms with van der Waals surface area (Å²) in [6, 6.07) is 10.8. The maximum Gasteiger partial charge on any atom is 0.240 e. The Morgan fingerprint density at radius 1 is 1.17 bits per heavy atom. The fourth-order valence-electron chi connectivity index (χ4n) is 2.05.